The number of hydrogen-bond donors (Lipinski definition) is 2. The molecule has 0 radical (unpaired) electrons. The predicted molar refractivity (Wildman–Crippen MR) is 71.4 cm³/mol. The summed E-state index contributed by atoms with van der Waals surface area (Å²) in [6.45, 7) is 6.92. The number of hydrogen-bond acceptors (Lipinski definition) is 4. The van der Waals surface area contributed by atoms with Crippen LogP contribution in [0.1, 0.15) is 33.6 Å². The van der Waals surface area contributed by atoms with Gasteiger partial charge in [-0.25, -0.2) is 4.98 Å². The third-order valence-electron chi connectivity index (χ3n) is 2.47. The monoisotopic (exact) mass is 237 g/mol. The molecule has 1 aromatic heterocycles. The molecular weight excluding hydrogens is 214 g/mol. The fourth-order valence-corrected chi connectivity index (χ4v) is 1.45. The van der Waals surface area contributed by atoms with Crippen molar-refractivity contribution in [1.82, 2.24) is 4.98 Å². The standard InChI is InChI=1S/C13H23N3O/c1-4-11(14)7-9-16-13-12(17-10(2)3)6-5-8-15-13/h5-6,8,10-11H,4,7,9,14H2,1-3H3,(H,15,16). The maximum atomic E-state index is 5.86. The molecule has 0 amide bonds. The zero-order chi connectivity index (χ0) is 12.7. The molecule has 96 valence electrons. The van der Waals surface area contributed by atoms with Gasteiger partial charge in [-0.2, -0.15) is 0 Å². The number of nitrogens with one attached hydrogen (secondary N) is 1. The molecule has 3 N–H and O–H groups in total. The maximum Gasteiger partial charge on any atom is 0.168 e. The Bertz CT molecular complexity index is 328. The van der Waals surface area contributed by atoms with E-state index >= 15 is 0 Å². The topological polar surface area (TPSA) is 60.2 Å². The van der Waals surface area contributed by atoms with Crippen LogP contribution >= 0.6 is 0 Å². The lowest BCUT2D eigenvalue weighted by atomic mass is 10.2. The zero-order valence-corrected chi connectivity index (χ0v) is 10.9. The summed E-state index contributed by atoms with van der Waals surface area (Å²) in [7, 11) is 0. The SMILES string of the molecule is CCC(N)CCNc1ncccc1OC(C)C. The smallest absolute Gasteiger partial charge is 0.168 e. The van der Waals surface area contributed by atoms with Crippen LogP contribution in [0.3, 0.4) is 0 Å². The van der Waals surface area contributed by atoms with Gasteiger partial charge in [0.25, 0.3) is 0 Å². The molecule has 0 aromatic carbocycles. The van der Waals surface area contributed by atoms with Crippen LogP contribution in [0.25, 0.3) is 0 Å². The largest absolute Gasteiger partial charge is 0.487 e. The van der Waals surface area contributed by atoms with Gasteiger partial charge in [-0.1, -0.05) is 6.92 Å². The number of pyridine rings is 1. The molecule has 1 rings (SSSR count). The van der Waals surface area contributed by atoms with Crippen LogP contribution in [0.5, 0.6) is 5.75 Å². The van der Waals surface area contributed by atoms with E-state index in [2.05, 4.69) is 17.2 Å². The molecule has 4 nitrogen and oxygen atoms in total. The van der Waals surface area contributed by atoms with Crippen molar-refractivity contribution in [3.8, 4) is 5.75 Å². The highest BCUT2D eigenvalue weighted by Crippen LogP contribution is 2.21. The van der Waals surface area contributed by atoms with E-state index in [9.17, 15) is 0 Å². The molecule has 1 heterocycles. The highest BCUT2D eigenvalue weighted by Gasteiger charge is 2.06. The van der Waals surface area contributed by atoms with Gasteiger partial charge in [0.2, 0.25) is 0 Å². The Morgan fingerprint density at radius 3 is 2.88 bits per heavy atom. The van der Waals surface area contributed by atoms with E-state index in [0.29, 0.717) is 0 Å². The Hall–Kier alpha value is -1.29. The van der Waals surface area contributed by atoms with Gasteiger partial charge >= 0.3 is 0 Å². The van der Waals surface area contributed by atoms with E-state index in [-0.39, 0.29) is 12.1 Å². The van der Waals surface area contributed by atoms with Gasteiger partial charge in [0.15, 0.2) is 11.6 Å². The van der Waals surface area contributed by atoms with Gasteiger partial charge in [0.1, 0.15) is 0 Å². The summed E-state index contributed by atoms with van der Waals surface area (Å²) in [5, 5.41) is 3.27. The van der Waals surface area contributed by atoms with E-state index in [1.54, 1.807) is 6.20 Å². The van der Waals surface area contributed by atoms with Gasteiger partial charge in [0, 0.05) is 18.8 Å². The molecule has 0 aliphatic heterocycles. The summed E-state index contributed by atoms with van der Waals surface area (Å²) in [5.74, 6) is 1.59. The number of nitrogens with zero attached hydrogens (tertiary/aromatic N) is 1. The first-order valence-corrected chi connectivity index (χ1v) is 6.24. The van der Waals surface area contributed by atoms with Crippen LogP contribution in [-0.2, 0) is 0 Å². The molecule has 0 spiro atoms. The molecular formula is C13H23N3O. The second kappa shape index (κ2) is 7.12. The number of aromatic nitrogens is 1. The second-order valence-electron chi connectivity index (χ2n) is 4.40. The second-order valence-corrected chi connectivity index (χ2v) is 4.40. The van der Waals surface area contributed by atoms with Crippen LogP contribution < -0.4 is 15.8 Å². The molecule has 0 aliphatic rings. The Morgan fingerprint density at radius 2 is 2.24 bits per heavy atom. The number of anilines is 1. The van der Waals surface area contributed by atoms with Crippen molar-refractivity contribution in [2.24, 2.45) is 5.73 Å². The van der Waals surface area contributed by atoms with Crippen molar-refractivity contribution >= 4 is 5.82 Å². The Morgan fingerprint density at radius 1 is 1.47 bits per heavy atom. The molecule has 0 saturated heterocycles. The first-order valence-electron chi connectivity index (χ1n) is 6.24. The molecule has 1 aromatic rings. The molecule has 1 atom stereocenters. The fraction of sp³-hybridized carbons (Fsp3) is 0.615. The molecule has 0 fully saturated rings. The highest BCUT2D eigenvalue weighted by molar-refractivity contribution is 5.49. The molecule has 0 aliphatic carbocycles. The lowest BCUT2D eigenvalue weighted by Crippen LogP contribution is -2.22. The van der Waals surface area contributed by atoms with E-state index in [1.807, 2.05) is 26.0 Å². The van der Waals surface area contributed by atoms with Crippen LogP contribution in [0.4, 0.5) is 5.82 Å². The Balaban J connectivity index is 2.51. The summed E-state index contributed by atoms with van der Waals surface area (Å²) < 4.78 is 5.67. The van der Waals surface area contributed by atoms with Crippen LogP contribution in [-0.4, -0.2) is 23.7 Å². The van der Waals surface area contributed by atoms with Gasteiger partial charge in [0.05, 0.1) is 6.10 Å². The summed E-state index contributed by atoms with van der Waals surface area (Å²) in [5.41, 5.74) is 5.86. The summed E-state index contributed by atoms with van der Waals surface area (Å²) in [6, 6.07) is 4.05. The Kier molecular flexibility index (Phi) is 5.77. The maximum absolute atomic E-state index is 5.86. The van der Waals surface area contributed by atoms with E-state index in [1.165, 1.54) is 0 Å². The van der Waals surface area contributed by atoms with Gasteiger partial charge in [-0.15, -0.1) is 0 Å². The molecule has 0 saturated carbocycles. The molecule has 0 bridgehead atoms. The van der Waals surface area contributed by atoms with Crippen LogP contribution in [0.15, 0.2) is 18.3 Å². The first kappa shape index (κ1) is 13.8. The minimum Gasteiger partial charge on any atom is -0.487 e. The van der Waals surface area contributed by atoms with Crippen LogP contribution in [0.2, 0.25) is 0 Å². The lowest BCUT2D eigenvalue weighted by Gasteiger charge is -2.15. The van der Waals surface area contributed by atoms with Crippen molar-refractivity contribution in [3.05, 3.63) is 18.3 Å². The average molecular weight is 237 g/mol. The van der Waals surface area contributed by atoms with E-state index in [0.717, 1.165) is 31.0 Å². The Labute approximate surface area is 104 Å². The van der Waals surface area contributed by atoms with Gasteiger partial charge in [-0.3, -0.25) is 0 Å². The van der Waals surface area contributed by atoms with Gasteiger partial charge < -0.3 is 15.8 Å². The van der Waals surface area contributed by atoms with E-state index in [4.69, 9.17) is 10.5 Å². The zero-order valence-electron chi connectivity index (χ0n) is 10.9. The first-order chi connectivity index (χ1) is 8.13. The average Bonchev–Trinajstić information content (AvgIpc) is 2.30. The molecule has 17 heavy (non-hydrogen) atoms. The third-order valence-corrected chi connectivity index (χ3v) is 2.47. The van der Waals surface area contributed by atoms with Crippen molar-refractivity contribution < 1.29 is 4.74 Å². The lowest BCUT2D eigenvalue weighted by molar-refractivity contribution is 0.243. The van der Waals surface area contributed by atoms with Crippen molar-refractivity contribution in [1.29, 1.82) is 0 Å². The van der Waals surface area contributed by atoms with Crippen molar-refractivity contribution in [2.45, 2.75) is 45.8 Å². The summed E-state index contributed by atoms with van der Waals surface area (Å²) >= 11 is 0. The number of nitrogens with two attached hydrogens (primary N) is 1. The third kappa shape index (κ3) is 5.04. The number of ether oxygens (including phenoxy) is 1. The fourth-order valence-electron chi connectivity index (χ4n) is 1.45. The van der Waals surface area contributed by atoms with Crippen molar-refractivity contribution in [2.75, 3.05) is 11.9 Å². The van der Waals surface area contributed by atoms with Gasteiger partial charge in [-0.05, 0) is 38.8 Å². The minimum atomic E-state index is 0.151. The quantitative estimate of drug-likeness (QED) is 0.764. The highest BCUT2D eigenvalue weighted by atomic mass is 16.5. The minimum absolute atomic E-state index is 0.151. The molecule has 1 unspecified atom stereocenters. The van der Waals surface area contributed by atoms with Crippen molar-refractivity contribution in [3.63, 3.8) is 0 Å². The predicted octanol–water partition coefficient (Wildman–Crippen LogP) is 2.41. The number of rotatable bonds is 7. The molecule has 4 heteroatoms. The van der Waals surface area contributed by atoms with E-state index < -0.39 is 0 Å². The summed E-state index contributed by atoms with van der Waals surface area (Å²) in [6.07, 6.45) is 3.85. The normalized spacial score (nSPS) is 12.5. The summed E-state index contributed by atoms with van der Waals surface area (Å²) in [4.78, 5) is 4.28. The van der Waals surface area contributed by atoms with Crippen LogP contribution in [0, 0.1) is 0 Å².